The van der Waals surface area contributed by atoms with E-state index >= 15 is 0 Å². The molecule has 5 rings (SSSR count). The molecule has 1 aliphatic heterocycles. The van der Waals surface area contributed by atoms with Gasteiger partial charge in [0, 0.05) is 35.6 Å². The van der Waals surface area contributed by atoms with Crippen LogP contribution in [0.2, 0.25) is 5.02 Å². The predicted molar refractivity (Wildman–Crippen MR) is 130 cm³/mol. The monoisotopic (exact) mass is 467 g/mol. The molecular weight excluding hydrogens is 442 g/mol. The van der Waals surface area contributed by atoms with Gasteiger partial charge in [0.2, 0.25) is 0 Å². The number of nitrogen functional groups attached to an aromatic ring is 2. The van der Waals surface area contributed by atoms with Gasteiger partial charge in [-0.2, -0.15) is 0 Å². The summed E-state index contributed by atoms with van der Waals surface area (Å²) in [5.41, 5.74) is 21.7. The van der Waals surface area contributed by atoms with Gasteiger partial charge in [0.1, 0.15) is 16.7 Å². The Balaban J connectivity index is 1.33. The zero-order valence-corrected chi connectivity index (χ0v) is 19.2. The van der Waals surface area contributed by atoms with Crippen LogP contribution in [-0.2, 0) is 11.8 Å². The molecule has 7 nitrogen and oxygen atoms in total. The normalized spacial score (nSPS) is 19.7. The third kappa shape index (κ3) is 3.66. The summed E-state index contributed by atoms with van der Waals surface area (Å²) in [6.45, 7) is 1.74. The number of benzene rings is 1. The first-order valence-corrected chi connectivity index (χ1v) is 12.0. The van der Waals surface area contributed by atoms with Crippen molar-refractivity contribution in [3.63, 3.8) is 0 Å². The molecule has 1 aliphatic carbocycles. The van der Waals surface area contributed by atoms with Gasteiger partial charge in [-0.05, 0) is 42.9 Å². The second-order valence-electron chi connectivity index (χ2n) is 8.47. The maximum absolute atomic E-state index is 6.69. The number of anilines is 3. The minimum atomic E-state index is 0.0398. The highest BCUT2D eigenvalue weighted by atomic mass is 35.5. The van der Waals surface area contributed by atoms with E-state index in [-0.39, 0.29) is 17.3 Å². The number of halogens is 1. The van der Waals surface area contributed by atoms with Crippen molar-refractivity contribution < 1.29 is 0 Å². The largest absolute Gasteiger partial charge is 0.382 e. The lowest BCUT2D eigenvalue weighted by atomic mass is 9.62. The van der Waals surface area contributed by atoms with Crippen molar-refractivity contribution in [3.8, 4) is 0 Å². The second-order valence-corrected chi connectivity index (χ2v) is 9.88. The van der Waals surface area contributed by atoms with Crippen LogP contribution in [0.15, 0.2) is 52.6 Å². The van der Waals surface area contributed by atoms with Crippen molar-refractivity contribution in [2.24, 2.45) is 5.73 Å². The molecule has 0 radical (unpaired) electrons. The molecule has 1 spiro atoms. The van der Waals surface area contributed by atoms with Gasteiger partial charge >= 0.3 is 0 Å². The maximum Gasteiger partial charge on any atom is 0.158 e. The Morgan fingerprint density at radius 1 is 1.06 bits per heavy atom. The fourth-order valence-corrected chi connectivity index (χ4v) is 6.04. The van der Waals surface area contributed by atoms with Crippen molar-refractivity contribution in [2.75, 3.05) is 29.5 Å². The van der Waals surface area contributed by atoms with Crippen molar-refractivity contribution in [1.82, 2.24) is 15.0 Å². The lowest BCUT2D eigenvalue weighted by Gasteiger charge is -2.49. The predicted octanol–water partition coefficient (Wildman–Crippen LogP) is 3.65. The lowest BCUT2D eigenvalue weighted by molar-refractivity contribution is 0.246. The molecule has 6 N–H and O–H groups in total. The van der Waals surface area contributed by atoms with Crippen LogP contribution in [0.3, 0.4) is 0 Å². The summed E-state index contributed by atoms with van der Waals surface area (Å²) in [6, 6.07) is 10.8. The molecule has 1 fully saturated rings. The summed E-state index contributed by atoms with van der Waals surface area (Å²) in [5.74, 6) is 1.45. The van der Waals surface area contributed by atoms with Gasteiger partial charge < -0.3 is 22.1 Å². The average Bonchev–Trinajstić information content (AvgIpc) is 2.81. The SMILES string of the molecule is Nc1nc(N2CCC3(CC2)c2ccccc2CCC3N)cnc1Sc1ccnc(N)c1Cl. The fourth-order valence-electron chi connectivity index (χ4n) is 5.02. The van der Waals surface area contributed by atoms with E-state index in [1.807, 2.05) is 0 Å². The molecule has 9 heteroatoms. The molecule has 0 amide bonds. The third-order valence-corrected chi connectivity index (χ3v) is 8.38. The van der Waals surface area contributed by atoms with E-state index in [1.54, 1.807) is 18.5 Å². The molecule has 1 saturated heterocycles. The van der Waals surface area contributed by atoms with E-state index in [4.69, 9.17) is 28.8 Å². The Morgan fingerprint density at radius 3 is 2.62 bits per heavy atom. The number of nitrogens with two attached hydrogens (primary N) is 3. The number of aromatic nitrogens is 3. The minimum Gasteiger partial charge on any atom is -0.382 e. The van der Waals surface area contributed by atoms with Crippen LogP contribution < -0.4 is 22.1 Å². The van der Waals surface area contributed by atoms with Gasteiger partial charge in [-0.3, -0.25) is 0 Å². The number of aryl methyl sites for hydroxylation is 1. The first-order chi connectivity index (χ1) is 15.5. The van der Waals surface area contributed by atoms with Gasteiger partial charge in [-0.25, -0.2) is 15.0 Å². The summed E-state index contributed by atoms with van der Waals surface area (Å²) >= 11 is 7.59. The molecule has 1 unspecified atom stereocenters. The average molecular weight is 468 g/mol. The molecule has 32 heavy (non-hydrogen) atoms. The Kier molecular flexibility index (Phi) is 5.61. The summed E-state index contributed by atoms with van der Waals surface area (Å²) in [7, 11) is 0. The highest BCUT2D eigenvalue weighted by Gasteiger charge is 2.44. The smallest absolute Gasteiger partial charge is 0.158 e. The van der Waals surface area contributed by atoms with Gasteiger partial charge in [0.05, 0.1) is 11.2 Å². The van der Waals surface area contributed by atoms with Crippen LogP contribution in [0.25, 0.3) is 0 Å². The van der Waals surface area contributed by atoms with E-state index in [0.29, 0.717) is 15.9 Å². The molecule has 3 aromatic rings. The quantitative estimate of drug-likeness (QED) is 0.533. The number of rotatable bonds is 3. The highest BCUT2D eigenvalue weighted by Crippen LogP contribution is 2.45. The van der Waals surface area contributed by atoms with Gasteiger partial charge in [-0.1, -0.05) is 47.6 Å². The summed E-state index contributed by atoms with van der Waals surface area (Å²) in [5, 5.41) is 0.992. The van der Waals surface area contributed by atoms with Gasteiger partial charge in [-0.15, -0.1) is 0 Å². The van der Waals surface area contributed by atoms with Crippen LogP contribution in [-0.4, -0.2) is 34.1 Å². The van der Waals surface area contributed by atoms with Crippen molar-refractivity contribution in [1.29, 1.82) is 0 Å². The molecule has 2 aliphatic rings. The number of hydrogen-bond donors (Lipinski definition) is 3. The van der Waals surface area contributed by atoms with Crippen molar-refractivity contribution in [3.05, 3.63) is 58.9 Å². The zero-order valence-electron chi connectivity index (χ0n) is 17.7. The molecule has 1 atom stereocenters. The Hall–Kier alpha value is -2.55. The zero-order chi connectivity index (χ0) is 22.3. The van der Waals surface area contributed by atoms with Crippen LogP contribution in [0.5, 0.6) is 0 Å². The highest BCUT2D eigenvalue weighted by molar-refractivity contribution is 7.99. The minimum absolute atomic E-state index is 0.0398. The number of fused-ring (bicyclic) bond motifs is 2. The number of pyridine rings is 1. The van der Waals surface area contributed by atoms with E-state index in [1.165, 1.54) is 22.9 Å². The van der Waals surface area contributed by atoms with E-state index in [9.17, 15) is 0 Å². The van der Waals surface area contributed by atoms with E-state index in [2.05, 4.69) is 44.1 Å². The van der Waals surface area contributed by atoms with Crippen LogP contribution in [0.1, 0.15) is 30.4 Å². The molecule has 0 saturated carbocycles. The molecule has 166 valence electrons. The van der Waals surface area contributed by atoms with E-state index in [0.717, 1.165) is 49.5 Å². The Labute approximate surface area is 196 Å². The summed E-state index contributed by atoms with van der Waals surface area (Å²) in [4.78, 5) is 16.2. The topological polar surface area (TPSA) is 120 Å². The summed E-state index contributed by atoms with van der Waals surface area (Å²) < 4.78 is 0. The van der Waals surface area contributed by atoms with Crippen LogP contribution >= 0.6 is 23.4 Å². The molecule has 2 aromatic heterocycles. The Bertz CT molecular complexity index is 1150. The summed E-state index contributed by atoms with van der Waals surface area (Å²) in [6.07, 6.45) is 7.49. The number of piperidine rings is 1. The fraction of sp³-hybridized carbons (Fsp3) is 0.348. The first kappa shape index (κ1) is 21.3. The van der Waals surface area contributed by atoms with E-state index < -0.39 is 0 Å². The van der Waals surface area contributed by atoms with Gasteiger partial charge in [0.25, 0.3) is 0 Å². The molecule has 3 heterocycles. The third-order valence-electron chi connectivity index (χ3n) is 6.81. The molecule has 1 aromatic carbocycles. The lowest BCUT2D eigenvalue weighted by Crippen LogP contribution is -2.55. The van der Waals surface area contributed by atoms with Crippen molar-refractivity contribution >= 4 is 40.8 Å². The molecule has 0 bridgehead atoms. The molecular formula is C23H26ClN7S. The Morgan fingerprint density at radius 2 is 1.84 bits per heavy atom. The maximum atomic E-state index is 6.69. The standard InChI is InChI=1S/C23H26ClN7S/c24-19-16(7-10-28-20(19)26)32-22-21(27)30-18(13-29-22)31-11-8-23(9-12-31)15-4-2-1-3-14(15)5-6-17(23)25/h1-4,7,10,13,17H,5-6,8-9,11-12,25H2,(H2,26,28)(H2,27,30). The number of nitrogens with zero attached hydrogens (tertiary/aromatic N) is 4. The van der Waals surface area contributed by atoms with Crippen LogP contribution in [0.4, 0.5) is 17.5 Å². The van der Waals surface area contributed by atoms with Gasteiger partial charge in [0.15, 0.2) is 5.82 Å². The van der Waals surface area contributed by atoms with Crippen molar-refractivity contribution in [2.45, 2.75) is 47.1 Å². The number of hydrogen-bond acceptors (Lipinski definition) is 8. The first-order valence-electron chi connectivity index (χ1n) is 10.8. The second kappa shape index (κ2) is 8.42. The van der Waals surface area contributed by atoms with Crippen LogP contribution in [0, 0.1) is 0 Å².